The third-order valence-corrected chi connectivity index (χ3v) is 5.55. The lowest BCUT2D eigenvalue weighted by molar-refractivity contribution is -0.139. The first-order valence-electron chi connectivity index (χ1n) is 10.5. The quantitative estimate of drug-likeness (QED) is 0.289. The molecular weight excluding hydrogens is 378 g/mol. The molecule has 5 heteroatoms. The zero-order valence-electron chi connectivity index (χ0n) is 17.9. The maximum absolute atomic E-state index is 13.0. The number of aliphatic hydroxyl groups excluding tert-OH is 1. The second kappa shape index (κ2) is 9.61. The molecule has 1 saturated heterocycles. The van der Waals surface area contributed by atoms with Crippen LogP contribution in [0, 0.1) is 6.92 Å². The molecule has 0 aliphatic carbocycles. The maximum Gasteiger partial charge on any atom is 0.295 e. The molecule has 1 amide bonds. The van der Waals surface area contributed by atoms with Crippen LogP contribution in [-0.2, 0) is 9.59 Å². The highest BCUT2D eigenvalue weighted by Crippen LogP contribution is 2.40. The molecule has 0 unspecified atom stereocenters. The van der Waals surface area contributed by atoms with Gasteiger partial charge < -0.3 is 14.7 Å². The van der Waals surface area contributed by atoms with E-state index in [1.54, 1.807) is 36.3 Å². The minimum atomic E-state index is -0.635. The van der Waals surface area contributed by atoms with Crippen molar-refractivity contribution >= 4 is 17.4 Å². The smallest absolute Gasteiger partial charge is 0.295 e. The van der Waals surface area contributed by atoms with Crippen LogP contribution in [0.1, 0.15) is 55.3 Å². The number of methoxy groups -OCH3 is 1. The van der Waals surface area contributed by atoms with E-state index >= 15 is 0 Å². The average Bonchev–Trinajstić information content (AvgIpc) is 3.01. The van der Waals surface area contributed by atoms with Crippen LogP contribution in [0.15, 0.2) is 54.1 Å². The molecule has 2 aromatic carbocycles. The Morgan fingerprint density at radius 3 is 2.27 bits per heavy atom. The van der Waals surface area contributed by atoms with Gasteiger partial charge in [-0.25, -0.2) is 0 Å². The molecule has 2 aromatic rings. The largest absolute Gasteiger partial charge is 0.507 e. The fourth-order valence-electron chi connectivity index (χ4n) is 3.82. The Morgan fingerprint density at radius 2 is 1.67 bits per heavy atom. The second-order valence-electron chi connectivity index (χ2n) is 7.69. The number of likely N-dealkylation sites (tertiary alicyclic amines) is 1. The minimum absolute atomic E-state index is 0.134. The van der Waals surface area contributed by atoms with Crippen LogP contribution in [-0.4, -0.2) is 35.4 Å². The van der Waals surface area contributed by atoms with Gasteiger partial charge in [0.1, 0.15) is 11.5 Å². The fourth-order valence-corrected chi connectivity index (χ4v) is 3.82. The number of carbonyl (C=O) groups excluding carboxylic acids is 2. The first kappa shape index (κ1) is 21.6. The van der Waals surface area contributed by atoms with E-state index in [4.69, 9.17) is 4.74 Å². The van der Waals surface area contributed by atoms with Crippen LogP contribution < -0.4 is 4.74 Å². The summed E-state index contributed by atoms with van der Waals surface area (Å²) in [6.07, 6.45) is 3.99. The van der Waals surface area contributed by atoms with E-state index in [1.165, 1.54) is 0 Å². The van der Waals surface area contributed by atoms with Crippen molar-refractivity contribution in [2.45, 2.75) is 45.6 Å². The summed E-state index contributed by atoms with van der Waals surface area (Å²) in [6, 6.07) is 14.0. The molecule has 158 valence electrons. The SMILES string of the molecule is CCCCCCN1C(=O)C(=O)C(=C(O)c2ccc(C)cc2)[C@@H]1c1ccc(OC)cc1. The van der Waals surface area contributed by atoms with Crippen LogP contribution in [0.4, 0.5) is 0 Å². The van der Waals surface area contributed by atoms with Crippen LogP contribution in [0.3, 0.4) is 0 Å². The third kappa shape index (κ3) is 4.40. The zero-order valence-corrected chi connectivity index (χ0v) is 17.9. The lowest BCUT2D eigenvalue weighted by Crippen LogP contribution is -2.30. The summed E-state index contributed by atoms with van der Waals surface area (Å²) in [5.41, 5.74) is 2.50. The number of unbranched alkanes of at least 4 members (excludes halogenated alkanes) is 3. The third-order valence-electron chi connectivity index (χ3n) is 5.55. The topological polar surface area (TPSA) is 66.8 Å². The van der Waals surface area contributed by atoms with Crippen molar-refractivity contribution in [3.05, 3.63) is 70.8 Å². The molecule has 3 rings (SSSR count). The van der Waals surface area contributed by atoms with Gasteiger partial charge in [0.2, 0.25) is 0 Å². The summed E-state index contributed by atoms with van der Waals surface area (Å²) in [5.74, 6) is -0.632. The number of amides is 1. The van der Waals surface area contributed by atoms with Gasteiger partial charge in [0.05, 0.1) is 18.7 Å². The molecular formula is C25H29NO4. The number of hydrogen-bond donors (Lipinski definition) is 1. The van der Waals surface area contributed by atoms with E-state index in [0.29, 0.717) is 17.9 Å². The first-order chi connectivity index (χ1) is 14.5. The minimum Gasteiger partial charge on any atom is -0.507 e. The van der Waals surface area contributed by atoms with E-state index < -0.39 is 17.7 Å². The van der Waals surface area contributed by atoms with Gasteiger partial charge in [-0.3, -0.25) is 9.59 Å². The number of carbonyl (C=O) groups is 2. The Bertz CT molecular complexity index is 929. The van der Waals surface area contributed by atoms with E-state index in [2.05, 4.69) is 6.92 Å². The fraction of sp³-hybridized carbons (Fsp3) is 0.360. The number of rotatable bonds is 8. The van der Waals surface area contributed by atoms with E-state index in [-0.39, 0.29) is 11.3 Å². The molecule has 1 atom stereocenters. The Balaban J connectivity index is 2.05. The Hall–Kier alpha value is -3.08. The van der Waals surface area contributed by atoms with Crippen LogP contribution in [0.25, 0.3) is 5.76 Å². The lowest BCUT2D eigenvalue weighted by atomic mass is 9.95. The number of aliphatic hydroxyl groups is 1. The summed E-state index contributed by atoms with van der Waals surface area (Å²) >= 11 is 0. The molecule has 0 bridgehead atoms. The van der Waals surface area contributed by atoms with Gasteiger partial charge in [-0.1, -0.05) is 68.1 Å². The van der Waals surface area contributed by atoms with Gasteiger partial charge in [-0.2, -0.15) is 0 Å². The van der Waals surface area contributed by atoms with E-state index in [0.717, 1.165) is 36.8 Å². The summed E-state index contributed by atoms with van der Waals surface area (Å²) in [5, 5.41) is 11.0. The Kier molecular flexibility index (Phi) is 6.93. The van der Waals surface area contributed by atoms with Gasteiger partial charge in [-0.15, -0.1) is 0 Å². The van der Waals surface area contributed by atoms with Gasteiger partial charge in [0.25, 0.3) is 11.7 Å². The van der Waals surface area contributed by atoms with Gasteiger partial charge >= 0.3 is 0 Å². The van der Waals surface area contributed by atoms with Crippen molar-refractivity contribution in [1.82, 2.24) is 4.90 Å². The normalized spacial score (nSPS) is 18.1. The highest BCUT2D eigenvalue weighted by molar-refractivity contribution is 6.46. The van der Waals surface area contributed by atoms with Crippen molar-refractivity contribution < 1.29 is 19.4 Å². The molecule has 1 N–H and O–H groups in total. The number of ether oxygens (including phenoxy) is 1. The Labute approximate surface area is 178 Å². The van der Waals surface area contributed by atoms with Crippen molar-refractivity contribution in [2.24, 2.45) is 0 Å². The highest BCUT2D eigenvalue weighted by Gasteiger charge is 2.45. The standard InChI is InChI=1S/C25H29NO4/c1-4-5-6-7-16-26-22(18-12-14-20(30-3)15-13-18)21(24(28)25(26)29)23(27)19-10-8-17(2)9-11-19/h8-15,22,27H,4-7,16H2,1-3H3/t22-/m0/s1. The average molecular weight is 408 g/mol. The molecule has 1 heterocycles. The molecule has 1 fully saturated rings. The van der Waals surface area contributed by atoms with Crippen molar-refractivity contribution in [3.8, 4) is 5.75 Å². The zero-order chi connectivity index (χ0) is 21.7. The van der Waals surface area contributed by atoms with Crippen LogP contribution >= 0.6 is 0 Å². The number of Topliss-reactive ketones (excluding diaryl/α,β-unsaturated/α-hetero) is 1. The predicted octanol–water partition coefficient (Wildman–Crippen LogP) is 5.01. The summed E-state index contributed by atoms with van der Waals surface area (Å²) < 4.78 is 5.24. The van der Waals surface area contributed by atoms with E-state index in [9.17, 15) is 14.7 Å². The number of benzene rings is 2. The lowest BCUT2D eigenvalue weighted by Gasteiger charge is -2.25. The van der Waals surface area contributed by atoms with Crippen LogP contribution in [0.2, 0.25) is 0 Å². The molecule has 0 aromatic heterocycles. The summed E-state index contributed by atoms with van der Waals surface area (Å²) in [4.78, 5) is 27.4. The second-order valence-corrected chi connectivity index (χ2v) is 7.69. The molecule has 1 aliphatic heterocycles. The first-order valence-corrected chi connectivity index (χ1v) is 10.5. The maximum atomic E-state index is 13.0. The summed E-state index contributed by atoms with van der Waals surface area (Å²) in [6.45, 7) is 4.56. The van der Waals surface area contributed by atoms with Gasteiger partial charge in [0, 0.05) is 12.1 Å². The summed E-state index contributed by atoms with van der Waals surface area (Å²) in [7, 11) is 1.59. The van der Waals surface area contributed by atoms with Gasteiger partial charge in [-0.05, 0) is 31.0 Å². The molecule has 0 radical (unpaired) electrons. The van der Waals surface area contributed by atoms with E-state index in [1.807, 2.05) is 31.2 Å². The Morgan fingerprint density at radius 1 is 1.00 bits per heavy atom. The molecule has 0 spiro atoms. The molecule has 5 nitrogen and oxygen atoms in total. The highest BCUT2D eigenvalue weighted by atomic mass is 16.5. The number of nitrogens with zero attached hydrogens (tertiary/aromatic N) is 1. The van der Waals surface area contributed by atoms with Crippen molar-refractivity contribution in [1.29, 1.82) is 0 Å². The number of ketones is 1. The number of aryl methyl sites for hydroxylation is 1. The monoisotopic (exact) mass is 407 g/mol. The number of hydrogen-bond acceptors (Lipinski definition) is 4. The van der Waals surface area contributed by atoms with Crippen molar-refractivity contribution in [3.63, 3.8) is 0 Å². The van der Waals surface area contributed by atoms with Gasteiger partial charge in [0.15, 0.2) is 0 Å². The molecule has 0 saturated carbocycles. The van der Waals surface area contributed by atoms with Crippen LogP contribution in [0.5, 0.6) is 5.75 Å². The van der Waals surface area contributed by atoms with Crippen molar-refractivity contribution in [2.75, 3.05) is 13.7 Å². The molecule has 1 aliphatic rings. The predicted molar refractivity (Wildman–Crippen MR) is 117 cm³/mol. The molecule has 30 heavy (non-hydrogen) atoms.